The molecule has 0 bridgehead atoms. The number of benzene rings is 2. The lowest BCUT2D eigenvalue weighted by Gasteiger charge is -2.10. The number of aryl methyl sites for hydroxylation is 1. The lowest BCUT2D eigenvalue weighted by atomic mass is 10.0. The molecule has 2 aromatic carbocycles. The van der Waals surface area contributed by atoms with Crippen LogP contribution in [0.5, 0.6) is 0 Å². The van der Waals surface area contributed by atoms with Crippen LogP contribution in [0.4, 0.5) is 23.7 Å². The molecule has 2 rings (SSSR count). The molecule has 0 aliphatic carbocycles. The topological polar surface area (TPSA) is 86.6 Å². The van der Waals surface area contributed by atoms with Gasteiger partial charge in [0.1, 0.15) is 0 Å². The van der Waals surface area contributed by atoms with Gasteiger partial charge in [0.05, 0.1) is 5.69 Å². The van der Waals surface area contributed by atoms with Crippen LogP contribution in [-0.4, -0.2) is 28.5 Å². The summed E-state index contributed by atoms with van der Waals surface area (Å²) in [7, 11) is 0. The molecule has 0 spiro atoms. The Hall–Kier alpha value is -2.74. The normalized spacial score (nSPS) is 10.4. The fraction of sp³-hybridized carbons (Fsp3) is 0.125. The quantitative estimate of drug-likeness (QED) is 0.686. The second-order valence-electron chi connectivity index (χ2n) is 4.79. The first kappa shape index (κ1) is 20.3. The van der Waals surface area contributed by atoms with Gasteiger partial charge in [0.25, 0.3) is 0 Å². The van der Waals surface area contributed by atoms with Gasteiger partial charge in [-0.1, -0.05) is 47.5 Å². The predicted molar refractivity (Wildman–Crippen MR) is 87.0 cm³/mol. The number of carbonyl (C=O) groups is 2. The van der Waals surface area contributed by atoms with E-state index in [1.54, 1.807) is 12.1 Å². The second-order valence-corrected chi connectivity index (χ2v) is 5.23. The Kier molecular flexibility index (Phi) is 6.81. The highest BCUT2D eigenvalue weighted by molar-refractivity contribution is 6.31. The number of nitrogens with one attached hydrogen (secondary N) is 1. The van der Waals surface area contributed by atoms with E-state index in [0.29, 0.717) is 10.7 Å². The third kappa shape index (κ3) is 6.72. The molecule has 3 N–H and O–H groups in total. The molecule has 0 aliphatic heterocycles. The van der Waals surface area contributed by atoms with Gasteiger partial charge in [-0.3, -0.25) is 5.32 Å². The standard InChI is InChI=1S/C14H12ClNO2.C2HF3O2/c1-9-3-2-4-10(7-9)12-6-5-11(15)8-13(12)16-14(17)18;3-2(4,5)1(6)7/h2-8,16H,1H3,(H,17,18);(H,6,7). The van der Waals surface area contributed by atoms with E-state index in [2.05, 4.69) is 5.32 Å². The third-order valence-electron chi connectivity index (χ3n) is 2.79. The molecule has 0 unspecified atom stereocenters. The van der Waals surface area contributed by atoms with Crippen LogP contribution >= 0.6 is 11.6 Å². The van der Waals surface area contributed by atoms with E-state index >= 15 is 0 Å². The van der Waals surface area contributed by atoms with Crippen molar-refractivity contribution in [2.75, 3.05) is 5.32 Å². The van der Waals surface area contributed by atoms with Crippen molar-refractivity contribution >= 4 is 29.4 Å². The molecule has 0 fully saturated rings. The van der Waals surface area contributed by atoms with Gasteiger partial charge in [0.2, 0.25) is 0 Å². The number of halogens is 4. The number of hydrogen-bond donors (Lipinski definition) is 3. The number of amides is 1. The maximum absolute atomic E-state index is 10.8. The van der Waals surface area contributed by atoms with E-state index in [4.69, 9.17) is 26.6 Å². The summed E-state index contributed by atoms with van der Waals surface area (Å²) in [5.41, 5.74) is 3.37. The summed E-state index contributed by atoms with van der Waals surface area (Å²) >= 11 is 5.89. The maximum atomic E-state index is 10.8. The molecule has 9 heteroatoms. The monoisotopic (exact) mass is 375 g/mol. The minimum atomic E-state index is -5.08. The predicted octanol–water partition coefficient (Wildman–Crippen LogP) is 5.04. The number of alkyl halides is 3. The molecule has 5 nitrogen and oxygen atoms in total. The smallest absolute Gasteiger partial charge is 0.475 e. The van der Waals surface area contributed by atoms with Crippen LogP contribution < -0.4 is 5.32 Å². The fourth-order valence-corrected chi connectivity index (χ4v) is 1.97. The van der Waals surface area contributed by atoms with Crippen LogP contribution in [0.3, 0.4) is 0 Å². The average Bonchev–Trinajstić information content (AvgIpc) is 2.46. The highest BCUT2D eigenvalue weighted by Gasteiger charge is 2.38. The molecule has 0 heterocycles. The molecule has 0 saturated heterocycles. The van der Waals surface area contributed by atoms with Gasteiger partial charge >= 0.3 is 18.2 Å². The van der Waals surface area contributed by atoms with Crippen LogP contribution in [0.1, 0.15) is 5.56 Å². The Labute approximate surface area is 145 Å². The summed E-state index contributed by atoms with van der Waals surface area (Å²) in [5.74, 6) is -2.76. The lowest BCUT2D eigenvalue weighted by Crippen LogP contribution is -2.21. The Bertz CT molecular complexity index is 778. The van der Waals surface area contributed by atoms with Crippen LogP contribution in [-0.2, 0) is 4.79 Å². The van der Waals surface area contributed by atoms with Gasteiger partial charge in [-0.2, -0.15) is 13.2 Å². The van der Waals surface area contributed by atoms with E-state index in [0.717, 1.165) is 16.7 Å². The van der Waals surface area contributed by atoms with E-state index in [9.17, 15) is 18.0 Å². The van der Waals surface area contributed by atoms with E-state index in [-0.39, 0.29) is 0 Å². The van der Waals surface area contributed by atoms with Crippen molar-refractivity contribution < 1.29 is 33.0 Å². The zero-order valence-electron chi connectivity index (χ0n) is 12.8. The van der Waals surface area contributed by atoms with Crippen LogP contribution in [0, 0.1) is 6.92 Å². The van der Waals surface area contributed by atoms with Crippen LogP contribution in [0.25, 0.3) is 11.1 Å². The van der Waals surface area contributed by atoms with Crippen molar-refractivity contribution in [3.05, 3.63) is 53.1 Å². The Morgan fingerprint density at radius 2 is 1.68 bits per heavy atom. The van der Waals surface area contributed by atoms with Gasteiger partial charge in [-0.25, -0.2) is 9.59 Å². The largest absolute Gasteiger partial charge is 0.490 e. The van der Waals surface area contributed by atoms with Crippen molar-refractivity contribution in [1.29, 1.82) is 0 Å². The van der Waals surface area contributed by atoms with Gasteiger partial charge in [0, 0.05) is 10.6 Å². The van der Waals surface area contributed by atoms with Gasteiger partial charge in [-0.05, 0) is 24.6 Å². The Balaban J connectivity index is 0.000000381. The number of carboxylic acid groups (broad SMARTS) is 2. The molecule has 0 aliphatic rings. The summed E-state index contributed by atoms with van der Waals surface area (Å²) in [4.78, 5) is 19.7. The minimum Gasteiger partial charge on any atom is -0.475 e. The number of aliphatic carboxylic acids is 1. The van der Waals surface area contributed by atoms with Gasteiger partial charge in [-0.15, -0.1) is 0 Å². The molecule has 0 saturated carbocycles. The molecule has 1 amide bonds. The van der Waals surface area contributed by atoms with E-state index in [1.807, 2.05) is 37.3 Å². The third-order valence-corrected chi connectivity index (χ3v) is 3.03. The summed E-state index contributed by atoms with van der Waals surface area (Å²) in [6.45, 7) is 1.99. The first-order chi connectivity index (χ1) is 11.5. The molecule has 0 aromatic heterocycles. The van der Waals surface area contributed by atoms with E-state index < -0.39 is 18.2 Å². The zero-order chi connectivity index (χ0) is 19.2. The number of rotatable bonds is 2. The van der Waals surface area contributed by atoms with Crippen molar-refractivity contribution in [1.82, 2.24) is 0 Å². The first-order valence-electron chi connectivity index (χ1n) is 6.67. The molecule has 0 radical (unpaired) electrons. The van der Waals surface area contributed by atoms with Crippen LogP contribution in [0.2, 0.25) is 5.02 Å². The van der Waals surface area contributed by atoms with Crippen molar-refractivity contribution in [3.8, 4) is 11.1 Å². The Morgan fingerprint density at radius 3 is 2.16 bits per heavy atom. The van der Waals surface area contributed by atoms with E-state index in [1.165, 1.54) is 0 Å². The Morgan fingerprint density at radius 1 is 1.08 bits per heavy atom. The molecule has 2 aromatic rings. The molecule has 25 heavy (non-hydrogen) atoms. The highest BCUT2D eigenvalue weighted by atomic mass is 35.5. The summed E-state index contributed by atoms with van der Waals surface area (Å²) in [6, 6.07) is 13.0. The zero-order valence-corrected chi connectivity index (χ0v) is 13.5. The van der Waals surface area contributed by atoms with Crippen molar-refractivity contribution in [2.45, 2.75) is 13.1 Å². The van der Waals surface area contributed by atoms with Gasteiger partial charge < -0.3 is 10.2 Å². The van der Waals surface area contributed by atoms with Crippen molar-refractivity contribution in [2.24, 2.45) is 0 Å². The average molecular weight is 376 g/mol. The fourth-order valence-electron chi connectivity index (χ4n) is 1.80. The lowest BCUT2D eigenvalue weighted by molar-refractivity contribution is -0.192. The molecule has 0 atom stereocenters. The molecular weight excluding hydrogens is 363 g/mol. The summed E-state index contributed by atoms with van der Waals surface area (Å²) in [6.07, 6.45) is -6.19. The summed E-state index contributed by atoms with van der Waals surface area (Å²) in [5, 5.41) is 18.8. The second kappa shape index (κ2) is 8.39. The SMILES string of the molecule is Cc1cccc(-c2ccc(Cl)cc2NC(=O)O)c1.O=C(O)C(F)(F)F. The minimum absolute atomic E-state index is 0.487. The van der Waals surface area contributed by atoms with Crippen LogP contribution in [0.15, 0.2) is 42.5 Å². The maximum Gasteiger partial charge on any atom is 0.490 e. The summed E-state index contributed by atoms with van der Waals surface area (Å²) < 4.78 is 31.7. The molecule has 134 valence electrons. The van der Waals surface area contributed by atoms with Crippen molar-refractivity contribution in [3.63, 3.8) is 0 Å². The number of carboxylic acids is 1. The first-order valence-corrected chi connectivity index (χ1v) is 7.05. The molecular formula is C16H13ClF3NO4. The number of anilines is 1. The van der Waals surface area contributed by atoms with Gasteiger partial charge in [0.15, 0.2) is 0 Å². The number of hydrogen-bond acceptors (Lipinski definition) is 2. The highest BCUT2D eigenvalue weighted by Crippen LogP contribution is 2.31.